The van der Waals surface area contributed by atoms with Crippen LogP contribution in [-0.4, -0.2) is 52.8 Å². The summed E-state index contributed by atoms with van der Waals surface area (Å²) in [4.78, 5) is 19.2. The van der Waals surface area contributed by atoms with Crippen molar-refractivity contribution < 1.29 is 4.79 Å². The number of amides is 1. The monoisotopic (exact) mass is 317 g/mol. The zero-order valence-corrected chi connectivity index (χ0v) is 14.8. The number of pyridine rings is 1. The summed E-state index contributed by atoms with van der Waals surface area (Å²) < 4.78 is 1.93. The molecule has 2 heterocycles. The topological polar surface area (TPSA) is 63.1 Å². The first kappa shape index (κ1) is 17.4. The van der Waals surface area contributed by atoms with Crippen LogP contribution in [0.25, 0.3) is 11.0 Å². The Hall–Kier alpha value is -1.95. The Bertz CT molecular complexity index is 690. The fourth-order valence-corrected chi connectivity index (χ4v) is 2.61. The van der Waals surface area contributed by atoms with Gasteiger partial charge in [0.15, 0.2) is 5.65 Å². The molecule has 0 aliphatic heterocycles. The van der Waals surface area contributed by atoms with Crippen molar-refractivity contribution in [1.29, 1.82) is 0 Å². The Kier molecular flexibility index (Phi) is 5.71. The third-order valence-electron chi connectivity index (χ3n) is 3.82. The van der Waals surface area contributed by atoms with Crippen molar-refractivity contribution in [3.8, 4) is 0 Å². The molecule has 0 aromatic carbocycles. The van der Waals surface area contributed by atoms with Gasteiger partial charge in [0.25, 0.3) is 5.91 Å². The number of fused-ring (bicyclic) bond motifs is 1. The summed E-state index contributed by atoms with van der Waals surface area (Å²) in [5, 5.41) is 8.44. The second-order valence-corrected chi connectivity index (χ2v) is 6.23. The minimum absolute atomic E-state index is 0.0551. The van der Waals surface area contributed by atoms with Crippen LogP contribution in [0.1, 0.15) is 41.5 Å². The molecule has 0 saturated heterocycles. The highest BCUT2D eigenvalue weighted by atomic mass is 16.1. The Morgan fingerprint density at radius 2 is 2.09 bits per heavy atom. The molecule has 0 spiro atoms. The number of hydrogen-bond donors (Lipinski definition) is 1. The molecule has 0 unspecified atom stereocenters. The SMILES string of the molecule is CCCCn1nc(C)c2c(C(=O)NCCN(C)C)cc(C)nc21. The van der Waals surface area contributed by atoms with Gasteiger partial charge in [0.1, 0.15) is 0 Å². The van der Waals surface area contributed by atoms with Gasteiger partial charge in [-0.05, 0) is 40.4 Å². The zero-order valence-electron chi connectivity index (χ0n) is 14.8. The van der Waals surface area contributed by atoms with Crippen LogP contribution < -0.4 is 5.32 Å². The van der Waals surface area contributed by atoms with Gasteiger partial charge in [-0.1, -0.05) is 13.3 Å². The molecule has 6 heteroatoms. The van der Waals surface area contributed by atoms with E-state index in [1.807, 2.05) is 43.6 Å². The van der Waals surface area contributed by atoms with E-state index in [-0.39, 0.29) is 5.91 Å². The number of rotatable bonds is 7. The average molecular weight is 317 g/mol. The Balaban J connectivity index is 2.35. The summed E-state index contributed by atoms with van der Waals surface area (Å²) in [6.45, 7) is 8.28. The fraction of sp³-hybridized carbons (Fsp3) is 0.588. The number of nitrogens with zero attached hydrogens (tertiary/aromatic N) is 4. The number of aryl methyl sites for hydroxylation is 3. The number of hydrogen-bond acceptors (Lipinski definition) is 4. The molecule has 0 aliphatic rings. The average Bonchev–Trinajstić information content (AvgIpc) is 2.80. The predicted octanol–water partition coefficient (Wildman–Crippen LogP) is 2.14. The maximum absolute atomic E-state index is 12.6. The first-order chi connectivity index (χ1) is 10.9. The maximum Gasteiger partial charge on any atom is 0.252 e. The fourth-order valence-electron chi connectivity index (χ4n) is 2.61. The minimum atomic E-state index is -0.0551. The first-order valence-corrected chi connectivity index (χ1v) is 8.21. The lowest BCUT2D eigenvalue weighted by Crippen LogP contribution is -2.31. The van der Waals surface area contributed by atoms with Crippen LogP contribution in [0.5, 0.6) is 0 Å². The predicted molar refractivity (Wildman–Crippen MR) is 92.8 cm³/mol. The van der Waals surface area contributed by atoms with Crippen LogP contribution in [0.15, 0.2) is 6.07 Å². The van der Waals surface area contributed by atoms with Crippen LogP contribution >= 0.6 is 0 Å². The van der Waals surface area contributed by atoms with E-state index in [9.17, 15) is 4.79 Å². The second kappa shape index (κ2) is 7.55. The maximum atomic E-state index is 12.6. The Morgan fingerprint density at radius 3 is 2.74 bits per heavy atom. The summed E-state index contributed by atoms with van der Waals surface area (Å²) in [6, 6.07) is 1.85. The first-order valence-electron chi connectivity index (χ1n) is 8.21. The standard InChI is InChI=1S/C17H27N5O/c1-6-7-9-22-16-15(13(3)20-22)14(11-12(2)19-16)17(23)18-8-10-21(4)5/h11H,6-10H2,1-5H3,(H,18,23). The van der Waals surface area contributed by atoms with Crippen molar-refractivity contribution in [2.24, 2.45) is 0 Å². The molecule has 0 fully saturated rings. The van der Waals surface area contributed by atoms with Crippen molar-refractivity contribution in [3.05, 3.63) is 23.0 Å². The van der Waals surface area contributed by atoms with E-state index >= 15 is 0 Å². The molecule has 2 aromatic rings. The molecule has 1 N–H and O–H groups in total. The van der Waals surface area contributed by atoms with Gasteiger partial charge in [0, 0.05) is 25.3 Å². The Labute approximate surface area is 137 Å². The van der Waals surface area contributed by atoms with Crippen molar-refractivity contribution in [2.45, 2.75) is 40.2 Å². The van der Waals surface area contributed by atoms with Gasteiger partial charge in [0.05, 0.1) is 16.6 Å². The van der Waals surface area contributed by atoms with Gasteiger partial charge in [-0.2, -0.15) is 5.10 Å². The summed E-state index contributed by atoms with van der Waals surface area (Å²) in [5.74, 6) is -0.0551. The van der Waals surface area contributed by atoms with E-state index in [4.69, 9.17) is 0 Å². The molecular weight excluding hydrogens is 290 g/mol. The number of aromatic nitrogens is 3. The molecule has 1 amide bonds. The van der Waals surface area contributed by atoms with E-state index in [0.29, 0.717) is 12.1 Å². The van der Waals surface area contributed by atoms with Crippen molar-refractivity contribution in [1.82, 2.24) is 25.0 Å². The lowest BCUT2D eigenvalue weighted by atomic mass is 10.1. The molecule has 0 atom stereocenters. The molecule has 0 radical (unpaired) electrons. The summed E-state index contributed by atoms with van der Waals surface area (Å²) in [6.07, 6.45) is 2.15. The quantitative estimate of drug-likeness (QED) is 0.850. The summed E-state index contributed by atoms with van der Waals surface area (Å²) in [5.41, 5.74) is 3.19. The van der Waals surface area contributed by atoms with Gasteiger partial charge in [-0.3, -0.25) is 4.79 Å². The second-order valence-electron chi connectivity index (χ2n) is 6.23. The summed E-state index contributed by atoms with van der Waals surface area (Å²) in [7, 11) is 3.98. The van der Waals surface area contributed by atoms with Gasteiger partial charge >= 0.3 is 0 Å². The van der Waals surface area contributed by atoms with Crippen LogP contribution in [0.2, 0.25) is 0 Å². The van der Waals surface area contributed by atoms with Gasteiger partial charge in [-0.25, -0.2) is 9.67 Å². The third kappa shape index (κ3) is 4.07. The molecule has 0 bridgehead atoms. The molecule has 126 valence electrons. The van der Waals surface area contributed by atoms with E-state index in [1.165, 1.54) is 0 Å². The van der Waals surface area contributed by atoms with Crippen molar-refractivity contribution in [3.63, 3.8) is 0 Å². The van der Waals surface area contributed by atoms with Gasteiger partial charge in [-0.15, -0.1) is 0 Å². The highest BCUT2D eigenvalue weighted by molar-refractivity contribution is 6.06. The van der Waals surface area contributed by atoms with E-state index < -0.39 is 0 Å². The lowest BCUT2D eigenvalue weighted by molar-refractivity contribution is 0.0952. The molecule has 0 aliphatic carbocycles. The van der Waals surface area contributed by atoms with E-state index in [2.05, 4.69) is 22.3 Å². The number of carbonyl (C=O) groups is 1. The molecule has 23 heavy (non-hydrogen) atoms. The highest BCUT2D eigenvalue weighted by Crippen LogP contribution is 2.22. The molecule has 6 nitrogen and oxygen atoms in total. The smallest absolute Gasteiger partial charge is 0.252 e. The normalized spacial score (nSPS) is 11.4. The number of unbranched alkanes of at least 4 members (excludes halogenated alkanes) is 1. The molecule has 2 aromatic heterocycles. The summed E-state index contributed by atoms with van der Waals surface area (Å²) >= 11 is 0. The third-order valence-corrected chi connectivity index (χ3v) is 3.82. The minimum Gasteiger partial charge on any atom is -0.351 e. The molecule has 2 rings (SSSR count). The molecular formula is C17H27N5O. The van der Waals surface area contributed by atoms with E-state index in [0.717, 1.165) is 48.4 Å². The number of likely N-dealkylation sites (N-methyl/N-ethyl adjacent to an activating group) is 1. The van der Waals surface area contributed by atoms with Gasteiger partial charge < -0.3 is 10.2 Å². The highest BCUT2D eigenvalue weighted by Gasteiger charge is 2.18. The van der Waals surface area contributed by atoms with Crippen molar-refractivity contribution in [2.75, 3.05) is 27.2 Å². The largest absolute Gasteiger partial charge is 0.351 e. The Morgan fingerprint density at radius 1 is 1.35 bits per heavy atom. The lowest BCUT2D eigenvalue weighted by Gasteiger charge is -2.11. The number of nitrogens with one attached hydrogen (secondary N) is 1. The zero-order chi connectivity index (χ0) is 17.0. The van der Waals surface area contributed by atoms with Gasteiger partial charge in [0.2, 0.25) is 0 Å². The van der Waals surface area contributed by atoms with E-state index in [1.54, 1.807) is 0 Å². The van der Waals surface area contributed by atoms with Crippen LogP contribution in [0.4, 0.5) is 0 Å². The van der Waals surface area contributed by atoms with Crippen molar-refractivity contribution >= 4 is 16.9 Å². The van der Waals surface area contributed by atoms with Crippen LogP contribution in [0, 0.1) is 13.8 Å². The van der Waals surface area contributed by atoms with Crippen LogP contribution in [-0.2, 0) is 6.54 Å². The number of carbonyl (C=O) groups excluding carboxylic acids is 1. The molecule has 0 saturated carbocycles. The van der Waals surface area contributed by atoms with Crippen LogP contribution in [0.3, 0.4) is 0 Å².